The van der Waals surface area contributed by atoms with E-state index in [0.717, 1.165) is 0 Å². The van der Waals surface area contributed by atoms with Crippen molar-refractivity contribution in [2.75, 3.05) is 0 Å². The zero-order chi connectivity index (χ0) is 18.4. The van der Waals surface area contributed by atoms with Gasteiger partial charge in [-0.2, -0.15) is 0 Å². The fourth-order valence-corrected chi connectivity index (χ4v) is 3.64. The van der Waals surface area contributed by atoms with Gasteiger partial charge in [0.2, 0.25) is 0 Å². The zero-order valence-corrected chi connectivity index (χ0v) is 16.4. The molecule has 0 saturated carbocycles. The SMILES string of the molecule is CCc1ccccc1S(=O)(=O)[O-].CCc1ccccc1S(=O)(=O)[O-].[Fe+2]. The normalized spacial score (nSPS) is 11.0. The first-order chi connectivity index (χ1) is 11.1. The van der Waals surface area contributed by atoms with Crippen molar-refractivity contribution in [1.82, 2.24) is 0 Å². The summed E-state index contributed by atoms with van der Waals surface area (Å²) in [5.41, 5.74) is 1.15. The van der Waals surface area contributed by atoms with Gasteiger partial charge in [0.15, 0.2) is 0 Å². The molecule has 25 heavy (non-hydrogen) atoms. The second-order valence-electron chi connectivity index (χ2n) is 4.83. The van der Waals surface area contributed by atoms with Gasteiger partial charge >= 0.3 is 17.1 Å². The summed E-state index contributed by atoms with van der Waals surface area (Å²) in [7, 11) is -8.59. The first-order valence-corrected chi connectivity index (χ1v) is 10.0. The smallest absolute Gasteiger partial charge is 0.744 e. The van der Waals surface area contributed by atoms with Gasteiger partial charge in [0.1, 0.15) is 20.2 Å². The average Bonchev–Trinajstić information content (AvgIpc) is 2.53. The minimum absolute atomic E-state index is 0. The van der Waals surface area contributed by atoms with Gasteiger partial charge in [-0.1, -0.05) is 50.2 Å². The second kappa shape index (κ2) is 10.1. The molecule has 2 aromatic carbocycles. The predicted octanol–water partition coefficient (Wildman–Crippen LogP) is 2.30. The molecule has 0 bridgehead atoms. The van der Waals surface area contributed by atoms with E-state index in [0.29, 0.717) is 24.0 Å². The van der Waals surface area contributed by atoms with Crippen LogP contribution in [0.5, 0.6) is 0 Å². The first kappa shape index (κ1) is 23.8. The fraction of sp³-hybridized carbons (Fsp3) is 0.250. The molecule has 0 amide bonds. The molecule has 2 aromatic rings. The summed E-state index contributed by atoms with van der Waals surface area (Å²) in [6.45, 7) is 3.62. The van der Waals surface area contributed by atoms with Crippen molar-refractivity contribution >= 4 is 20.2 Å². The quantitative estimate of drug-likeness (QED) is 0.548. The van der Waals surface area contributed by atoms with Gasteiger partial charge in [0, 0.05) is 0 Å². The average molecular weight is 426 g/mol. The maximum Gasteiger partial charge on any atom is 2.00 e. The molecule has 0 aliphatic rings. The largest absolute Gasteiger partial charge is 2.00 e. The number of hydrogen-bond acceptors (Lipinski definition) is 6. The van der Waals surface area contributed by atoms with Crippen LogP contribution < -0.4 is 0 Å². The van der Waals surface area contributed by atoms with Crippen molar-refractivity contribution in [2.45, 2.75) is 36.5 Å². The van der Waals surface area contributed by atoms with Gasteiger partial charge in [0.05, 0.1) is 9.79 Å². The van der Waals surface area contributed by atoms with Gasteiger partial charge in [0.25, 0.3) is 0 Å². The molecule has 0 atom stereocenters. The Bertz CT molecular complexity index is 817. The molecule has 138 valence electrons. The molecule has 0 aliphatic carbocycles. The zero-order valence-electron chi connectivity index (χ0n) is 13.7. The van der Waals surface area contributed by atoms with Crippen LogP contribution in [-0.4, -0.2) is 25.9 Å². The maximum atomic E-state index is 10.7. The maximum absolute atomic E-state index is 10.7. The molecule has 0 N–H and O–H groups in total. The first-order valence-electron chi connectivity index (χ1n) is 7.18. The minimum Gasteiger partial charge on any atom is -0.744 e. The molecule has 9 heteroatoms. The van der Waals surface area contributed by atoms with E-state index in [4.69, 9.17) is 0 Å². The van der Waals surface area contributed by atoms with Crippen LogP contribution in [0.4, 0.5) is 0 Å². The molecular formula is C16H18FeO6S2. The van der Waals surface area contributed by atoms with E-state index in [9.17, 15) is 25.9 Å². The number of benzene rings is 2. The summed E-state index contributed by atoms with van der Waals surface area (Å²) in [4.78, 5) is -0.208. The molecule has 0 spiro atoms. The predicted molar refractivity (Wildman–Crippen MR) is 87.6 cm³/mol. The Morgan fingerprint density at radius 3 is 1.16 bits per heavy atom. The summed E-state index contributed by atoms with van der Waals surface area (Å²) < 4.78 is 63.9. The van der Waals surface area contributed by atoms with Crippen LogP contribution >= 0.6 is 0 Å². The molecule has 0 unspecified atom stereocenters. The van der Waals surface area contributed by atoms with Crippen LogP contribution in [0.15, 0.2) is 58.3 Å². The molecular weight excluding hydrogens is 408 g/mol. The van der Waals surface area contributed by atoms with Gasteiger partial charge in [-0.15, -0.1) is 0 Å². The standard InChI is InChI=1S/2C8H10O3S.Fe/c2*1-2-7-5-3-4-6-8(7)12(9,10)11;/h2*3-6H,2H2,1H3,(H,9,10,11);/q;;+2/p-2. The van der Waals surface area contributed by atoms with E-state index in [1.54, 1.807) is 36.4 Å². The van der Waals surface area contributed by atoms with E-state index in [-0.39, 0.29) is 26.9 Å². The van der Waals surface area contributed by atoms with E-state index in [1.807, 2.05) is 13.8 Å². The molecule has 6 nitrogen and oxygen atoms in total. The third-order valence-corrected chi connectivity index (χ3v) is 5.12. The summed E-state index contributed by atoms with van der Waals surface area (Å²) in [5.74, 6) is 0. The molecule has 0 aromatic heterocycles. The number of aryl methyl sites for hydroxylation is 2. The Labute approximate surface area is 159 Å². The van der Waals surface area contributed by atoms with Crippen molar-refractivity contribution in [3.8, 4) is 0 Å². The van der Waals surface area contributed by atoms with Crippen LogP contribution in [0.1, 0.15) is 25.0 Å². The Kier molecular flexibility index (Phi) is 9.57. The third kappa shape index (κ3) is 7.27. The Hall–Kier alpha value is -1.22. The molecule has 2 rings (SSSR count). The Balaban J connectivity index is 0.000000443. The van der Waals surface area contributed by atoms with Crippen molar-refractivity contribution in [3.05, 3.63) is 59.7 Å². The minimum atomic E-state index is -4.30. The van der Waals surface area contributed by atoms with Crippen molar-refractivity contribution in [3.63, 3.8) is 0 Å². The molecule has 0 heterocycles. The fourth-order valence-electron chi connectivity index (χ4n) is 2.08. The van der Waals surface area contributed by atoms with Gasteiger partial charge in [-0.05, 0) is 36.1 Å². The van der Waals surface area contributed by atoms with Crippen LogP contribution in [-0.2, 0) is 50.1 Å². The van der Waals surface area contributed by atoms with E-state index in [1.165, 1.54) is 12.1 Å². The van der Waals surface area contributed by atoms with Crippen LogP contribution in [0, 0.1) is 0 Å². The van der Waals surface area contributed by atoms with Crippen molar-refractivity contribution < 1.29 is 43.0 Å². The summed E-state index contributed by atoms with van der Waals surface area (Å²) in [6, 6.07) is 12.5. The Morgan fingerprint density at radius 2 is 0.960 bits per heavy atom. The topological polar surface area (TPSA) is 114 Å². The van der Waals surface area contributed by atoms with Gasteiger partial charge < -0.3 is 9.11 Å². The van der Waals surface area contributed by atoms with E-state index < -0.39 is 20.2 Å². The number of hydrogen-bond donors (Lipinski definition) is 0. The molecule has 0 radical (unpaired) electrons. The van der Waals surface area contributed by atoms with E-state index >= 15 is 0 Å². The second-order valence-corrected chi connectivity index (χ2v) is 7.53. The third-order valence-electron chi connectivity index (χ3n) is 3.25. The Morgan fingerprint density at radius 1 is 0.680 bits per heavy atom. The van der Waals surface area contributed by atoms with Gasteiger partial charge in [-0.25, -0.2) is 16.8 Å². The van der Waals surface area contributed by atoms with Crippen LogP contribution in [0.25, 0.3) is 0 Å². The van der Waals surface area contributed by atoms with E-state index in [2.05, 4.69) is 0 Å². The summed E-state index contributed by atoms with van der Waals surface area (Å²) in [6.07, 6.45) is 1.11. The summed E-state index contributed by atoms with van der Waals surface area (Å²) >= 11 is 0. The summed E-state index contributed by atoms with van der Waals surface area (Å²) in [5, 5.41) is 0. The molecule has 0 aliphatic heterocycles. The van der Waals surface area contributed by atoms with Crippen LogP contribution in [0.2, 0.25) is 0 Å². The molecule has 0 saturated heterocycles. The van der Waals surface area contributed by atoms with Crippen molar-refractivity contribution in [1.29, 1.82) is 0 Å². The number of rotatable bonds is 4. The van der Waals surface area contributed by atoms with Crippen LogP contribution in [0.3, 0.4) is 0 Å². The van der Waals surface area contributed by atoms with Crippen molar-refractivity contribution in [2.24, 2.45) is 0 Å². The monoisotopic (exact) mass is 426 g/mol. The van der Waals surface area contributed by atoms with Gasteiger partial charge in [-0.3, -0.25) is 0 Å². The molecule has 0 fully saturated rings.